The van der Waals surface area contributed by atoms with E-state index in [2.05, 4.69) is 10.3 Å². The van der Waals surface area contributed by atoms with Gasteiger partial charge >= 0.3 is 0 Å². The first-order valence-corrected chi connectivity index (χ1v) is 7.14. The SMILES string of the molecule is CCS(=O)(=O)CCC(=O)c1cn(CCN)nn1. The normalized spacial score (nSPS) is 11.6. The predicted octanol–water partition coefficient (Wildman–Crippen LogP) is -0.756. The van der Waals surface area contributed by atoms with Gasteiger partial charge in [-0.05, 0) is 0 Å². The number of hydrogen-bond donors (Lipinski definition) is 1. The van der Waals surface area contributed by atoms with Gasteiger partial charge < -0.3 is 5.73 Å². The van der Waals surface area contributed by atoms with E-state index in [1.807, 2.05) is 0 Å². The lowest BCUT2D eigenvalue weighted by Crippen LogP contribution is -2.13. The number of rotatable bonds is 7. The molecule has 0 saturated heterocycles. The molecule has 0 fully saturated rings. The Balaban J connectivity index is 2.58. The summed E-state index contributed by atoms with van der Waals surface area (Å²) in [5.74, 6) is -0.419. The Bertz CT molecular complexity index is 480. The molecule has 7 nitrogen and oxygen atoms in total. The Morgan fingerprint density at radius 3 is 2.82 bits per heavy atom. The van der Waals surface area contributed by atoms with E-state index in [-0.39, 0.29) is 29.4 Å². The molecule has 17 heavy (non-hydrogen) atoms. The number of sulfone groups is 1. The quantitative estimate of drug-likeness (QED) is 0.646. The van der Waals surface area contributed by atoms with Crippen LogP contribution in [0, 0.1) is 0 Å². The Labute approximate surface area is 99.9 Å². The summed E-state index contributed by atoms with van der Waals surface area (Å²) in [4.78, 5) is 11.6. The lowest BCUT2D eigenvalue weighted by molar-refractivity contribution is 0.0984. The van der Waals surface area contributed by atoms with Gasteiger partial charge in [-0.2, -0.15) is 0 Å². The summed E-state index contributed by atoms with van der Waals surface area (Å²) in [7, 11) is -3.12. The van der Waals surface area contributed by atoms with E-state index in [0.29, 0.717) is 13.1 Å². The second kappa shape index (κ2) is 5.87. The summed E-state index contributed by atoms with van der Waals surface area (Å²) in [5, 5.41) is 7.38. The summed E-state index contributed by atoms with van der Waals surface area (Å²) in [6.45, 7) is 2.44. The third kappa shape index (κ3) is 4.23. The minimum Gasteiger partial charge on any atom is -0.329 e. The molecule has 1 heterocycles. The first-order valence-electron chi connectivity index (χ1n) is 5.32. The van der Waals surface area contributed by atoms with Crippen LogP contribution in [0.2, 0.25) is 0 Å². The minimum atomic E-state index is -3.12. The standard InChI is InChI=1S/C9H16N4O3S/c1-2-17(15,16)6-3-9(14)8-7-13(5-4-10)12-11-8/h7H,2-6,10H2,1H3. The summed E-state index contributed by atoms with van der Waals surface area (Å²) < 4.78 is 23.9. The zero-order valence-electron chi connectivity index (χ0n) is 9.66. The molecule has 0 saturated carbocycles. The average molecular weight is 260 g/mol. The summed E-state index contributed by atoms with van der Waals surface area (Å²) in [5.41, 5.74) is 5.51. The van der Waals surface area contributed by atoms with E-state index in [0.717, 1.165) is 0 Å². The molecule has 1 rings (SSSR count). The molecule has 0 atom stereocenters. The number of Topliss-reactive ketones (excluding diaryl/α,β-unsaturated/α-hetero) is 1. The van der Waals surface area contributed by atoms with Gasteiger partial charge in [0.15, 0.2) is 5.78 Å². The van der Waals surface area contributed by atoms with Gasteiger partial charge in [0, 0.05) is 18.7 Å². The molecule has 0 amide bonds. The molecule has 0 bridgehead atoms. The Morgan fingerprint density at radius 2 is 2.24 bits per heavy atom. The van der Waals surface area contributed by atoms with Crippen molar-refractivity contribution in [2.75, 3.05) is 18.1 Å². The first kappa shape index (κ1) is 13.8. The van der Waals surface area contributed by atoms with Crippen LogP contribution in [0.15, 0.2) is 6.20 Å². The van der Waals surface area contributed by atoms with Gasteiger partial charge in [0.05, 0.1) is 18.5 Å². The maximum absolute atomic E-state index is 11.6. The molecule has 0 spiro atoms. The summed E-state index contributed by atoms with van der Waals surface area (Å²) in [6, 6.07) is 0. The van der Waals surface area contributed by atoms with Crippen molar-refractivity contribution in [2.45, 2.75) is 19.9 Å². The molecule has 2 N–H and O–H groups in total. The zero-order valence-corrected chi connectivity index (χ0v) is 10.5. The lowest BCUT2D eigenvalue weighted by atomic mass is 10.2. The number of carbonyl (C=O) groups excluding carboxylic acids is 1. The van der Waals surface area contributed by atoms with Gasteiger partial charge in [-0.1, -0.05) is 12.1 Å². The lowest BCUT2D eigenvalue weighted by Gasteiger charge is -1.98. The maximum atomic E-state index is 11.6. The number of hydrogen-bond acceptors (Lipinski definition) is 6. The van der Waals surface area contributed by atoms with Crippen molar-refractivity contribution in [3.8, 4) is 0 Å². The second-order valence-corrected chi connectivity index (χ2v) is 6.04. The Kier molecular flexibility index (Phi) is 4.76. The zero-order chi connectivity index (χ0) is 12.9. The molecular weight excluding hydrogens is 244 g/mol. The van der Waals surface area contributed by atoms with Gasteiger partial charge in [-0.3, -0.25) is 9.48 Å². The number of nitrogens with zero attached hydrogens (tertiary/aromatic N) is 3. The third-order valence-electron chi connectivity index (χ3n) is 2.26. The Hall–Kier alpha value is -1.28. The third-order valence-corrected chi connectivity index (χ3v) is 3.97. The van der Waals surface area contributed by atoms with Crippen LogP contribution in [0.3, 0.4) is 0 Å². The van der Waals surface area contributed by atoms with Crippen molar-refractivity contribution in [2.24, 2.45) is 5.73 Å². The van der Waals surface area contributed by atoms with Crippen molar-refractivity contribution in [3.63, 3.8) is 0 Å². The predicted molar refractivity (Wildman–Crippen MR) is 62.4 cm³/mol. The van der Waals surface area contributed by atoms with Crippen LogP contribution < -0.4 is 5.73 Å². The molecule has 0 aliphatic carbocycles. The molecule has 0 radical (unpaired) electrons. The fraction of sp³-hybridized carbons (Fsp3) is 0.667. The van der Waals surface area contributed by atoms with E-state index < -0.39 is 9.84 Å². The van der Waals surface area contributed by atoms with Crippen LogP contribution in [0.1, 0.15) is 23.8 Å². The molecule has 0 unspecified atom stereocenters. The highest BCUT2D eigenvalue weighted by molar-refractivity contribution is 7.91. The largest absolute Gasteiger partial charge is 0.329 e. The highest BCUT2D eigenvalue weighted by Crippen LogP contribution is 2.02. The van der Waals surface area contributed by atoms with Crippen LogP contribution in [-0.4, -0.2) is 47.2 Å². The minimum absolute atomic E-state index is 0.0418. The molecule has 0 aromatic carbocycles. The van der Waals surface area contributed by atoms with Crippen molar-refractivity contribution in [3.05, 3.63) is 11.9 Å². The van der Waals surface area contributed by atoms with E-state index >= 15 is 0 Å². The smallest absolute Gasteiger partial charge is 0.185 e. The fourth-order valence-corrected chi connectivity index (χ4v) is 1.97. The van der Waals surface area contributed by atoms with E-state index in [4.69, 9.17) is 5.73 Å². The fourth-order valence-electron chi connectivity index (χ4n) is 1.19. The maximum Gasteiger partial charge on any atom is 0.185 e. The van der Waals surface area contributed by atoms with Crippen molar-refractivity contribution in [1.82, 2.24) is 15.0 Å². The summed E-state index contributed by atoms with van der Waals surface area (Å²) >= 11 is 0. The molecular formula is C9H16N4O3S. The van der Waals surface area contributed by atoms with Crippen molar-refractivity contribution >= 4 is 15.6 Å². The molecule has 1 aromatic rings. The van der Waals surface area contributed by atoms with Gasteiger partial charge in [-0.25, -0.2) is 8.42 Å². The van der Waals surface area contributed by atoms with Gasteiger partial charge in [-0.15, -0.1) is 5.10 Å². The Morgan fingerprint density at radius 1 is 1.53 bits per heavy atom. The van der Waals surface area contributed by atoms with E-state index in [9.17, 15) is 13.2 Å². The molecule has 0 aliphatic heterocycles. The van der Waals surface area contributed by atoms with Gasteiger partial charge in [0.25, 0.3) is 0 Å². The van der Waals surface area contributed by atoms with Gasteiger partial charge in [0.2, 0.25) is 0 Å². The second-order valence-electron chi connectivity index (χ2n) is 3.57. The molecule has 8 heteroatoms. The topological polar surface area (TPSA) is 108 Å². The van der Waals surface area contributed by atoms with Crippen LogP contribution in [-0.2, 0) is 16.4 Å². The van der Waals surface area contributed by atoms with Crippen LogP contribution in [0.25, 0.3) is 0 Å². The number of aromatic nitrogens is 3. The molecule has 1 aromatic heterocycles. The van der Waals surface area contributed by atoms with Crippen LogP contribution in [0.5, 0.6) is 0 Å². The number of carbonyl (C=O) groups is 1. The molecule has 0 aliphatic rings. The van der Waals surface area contributed by atoms with Crippen molar-refractivity contribution in [1.29, 1.82) is 0 Å². The van der Waals surface area contributed by atoms with E-state index in [1.54, 1.807) is 6.92 Å². The monoisotopic (exact) mass is 260 g/mol. The summed E-state index contributed by atoms with van der Waals surface area (Å²) in [6.07, 6.45) is 1.42. The highest BCUT2D eigenvalue weighted by atomic mass is 32.2. The van der Waals surface area contributed by atoms with E-state index in [1.165, 1.54) is 10.9 Å². The van der Waals surface area contributed by atoms with Crippen LogP contribution >= 0.6 is 0 Å². The number of ketones is 1. The average Bonchev–Trinajstić information content (AvgIpc) is 2.75. The first-order chi connectivity index (χ1) is 7.98. The van der Waals surface area contributed by atoms with Gasteiger partial charge in [0.1, 0.15) is 15.5 Å². The number of nitrogens with two attached hydrogens (primary N) is 1. The molecule has 96 valence electrons. The highest BCUT2D eigenvalue weighted by Gasteiger charge is 2.15. The van der Waals surface area contributed by atoms with Crippen molar-refractivity contribution < 1.29 is 13.2 Å². The van der Waals surface area contributed by atoms with Crippen LogP contribution in [0.4, 0.5) is 0 Å².